The van der Waals surface area contributed by atoms with Crippen molar-refractivity contribution in [3.63, 3.8) is 0 Å². The van der Waals surface area contributed by atoms with E-state index in [0.717, 1.165) is 0 Å². The minimum Gasteiger partial charge on any atom is -0.394 e. The van der Waals surface area contributed by atoms with Crippen LogP contribution in [0.15, 0.2) is 53.1 Å². The molecule has 146 valence electrons. The Balaban J connectivity index is 1.97. The van der Waals surface area contributed by atoms with Crippen molar-refractivity contribution < 1.29 is 9.50 Å². The zero-order valence-corrected chi connectivity index (χ0v) is 17.1. The van der Waals surface area contributed by atoms with E-state index in [-0.39, 0.29) is 24.4 Å². The van der Waals surface area contributed by atoms with Crippen LogP contribution in [0.4, 0.5) is 21.8 Å². The number of rotatable bonds is 7. The van der Waals surface area contributed by atoms with Gasteiger partial charge in [-0.05, 0) is 52.2 Å². The Hall–Kier alpha value is -2.58. The van der Waals surface area contributed by atoms with Crippen LogP contribution in [0.5, 0.6) is 0 Å². The van der Waals surface area contributed by atoms with Gasteiger partial charge in [-0.25, -0.2) is 9.37 Å². The molecule has 1 atom stereocenters. The number of benzene rings is 1. The molecule has 3 aromatic rings. The molecule has 3 N–H and O–H groups in total. The SMILES string of the molecule is CC(C)[C@H](CO)Nc1nc(Nc2ccc(Br)c(F)c2)cc(-c2ccccn2)n1. The van der Waals surface area contributed by atoms with Crippen molar-refractivity contribution >= 4 is 33.4 Å². The summed E-state index contributed by atoms with van der Waals surface area (Å²) < 4.78 is 14.2. The average Bonchev–Trinajstić information content (AvgIpc) is 2.69. The van der Waals surface area contributed by atoms with Gasteiger partial charge >= 0.3 is 0 Å². The molecule has 6 nitrogen and oxygen atoms in total. The van der Waals surface area contributed by atoms with Crippen molar-refractivity contribution in [2.75, 3.05) is 17.2 Å². The van der Waals surface area contributed by atoms with E-state index < -0.39 is 0 Å². The molecule has 8 heteroatoms. The number of nitrogens with zero attached hydrogens (tertiary/aromatic N) is 3. The molecule has 0 unspecified atom stereocenters. The Morgan fingerprint density at radius 3 is 2.57 bits per heavy atom. The maximum Gasteiger partial charge on any atom is 0.225 e. The van der Waals surface area contributed by atoms with Gasteiger partial charge in [-0.3, -0.25) is 4.98 Å². The number of nitrogens with one attached hydrogen (secondary N) is 2. The molecule has 0 fully saturated rings. The zero-order valence-electron chi connectivity index (χ0n) is 15.5. The van der Waals surface area contributed by atoms with Gasteiger partial charge in [0.1, 0.15) is 11.6 Å². The number of anilines is 3. The van der Waals surface area contributed by atoms with Crippen LogP contribution in [0.25, 0.3) is 11.4 Å². The number of hydrogen-bond acceptors (Lipinski definition) is 6. The Morgan fingerprint density at radius 2 is 1.93 bits per heavy atom. The van der Waals surface area contributed by atoms with Crippen LogP contribution < -0.4 is 10.6 Å². The van der Waals surface area contributed by atoms with E-state index in [0.29, 0.717) is 33.3 Å². The minimum absolute atomic E-state index is 0.0461. The fourth-order valence-electron chi connectivity index (χ4n) is 2.53. The van der Waals surface area contributed by atoms with Crippen molar-refractivity contribution in [3.8, 4) is 11.4 Å². The van der Waals surface area contributed by atoms with Crippen molar-refractivity contribution in [2.45, 2.75) is 19.9 Å². The van der Waals surface area contributed by atoms with E-state index >= 15 is 0 Å². The predicted octanol–water partition coefficient (Wildman–Crippen LogP) is 4.61. The maximum atomic E-state index is 13.8. The highest BCUT2D eigenvalue weighted by Gasteiger charge is 2.15. The van der Waals surface area contributed by atoms with E-state index in [2.05, 4.69) is 41.5 Å². The van der Waals surface area contributed by atoms with Gasteiger partial charge in [-0.2, -0.15) is 4.98 Å². The number of hydrogen-bond donors (Lipinski definition) is 3. The van der Waals surface area contributed by atoms with E-state index in [1.807, 2.05) is 32.0 Å². The predicted molar refractivity (Wildman–Crippen MR) is 112 cm³/mol. The van der Waals surface area contributed by atoms with Gasteiger partial charge in [-0.1, -0.05) is 19.9 Å². The highest BCUT2D eigenvalue weighted by molar-refractivity contribution is 9.10. The Labute approximate surface area is 171 Å². The first-order valence-corrected chi connectivity index (χ1v) is 9.65. The second-order valence-electron chi connectivity index (χ2n) is 6.61. The highest BCUT2D eigenvalue weighted by Crippen LogP contribution is 2.25. The first kappa shape index (κ1) is 20.2. The van der Waals surface area contributed by atoms with E-state index in [4.69, 9.17) is 0 Å². The number of aromatic nitrogens is 3. The molecule has 0 radical (unpaired) electrons. The van der Waals surface area contributed by atoms with Crippen molar-refractivity contribution in [1.82, 2.24) is 15.0 Å². The van der Waals surface area contributed by atoms with Gasteiger partial charge in [-0.15, -0.1) is 0 Å². The molecule has 0 aliphatic heterocycles. The van der Waals surface area contributed by atoms with Crippen molar-refractivity contribution in [1.29, 1.82) is 0 Å². The van der Waals surface area contributed by atoms with Gasteiger partial charge in [0.05, 0.1) is 28.5 Å². The van der Waals surface area contributed by atoms with Crippen LogP contribution in [-0.4, -0.2) is 32.7 Å². The van der Waals surface area contributed by atoms with Crippen molar-refractivity contribution in [3.05, 3.63) is 59.0 Å². The third kappa shape index (κ3) is 5.02. The van der Waals surface area contributed by atoms with E-state index in [1.54, 1.807) is 24.4 Å². The van der Waals surface area contributed by atoms with Crippen molar-refractivity contribution in [2.24, 2.45) is 5.92 Å². The Morgan fingerprint density at radius 1 is 1.11 bits per heavy atom. The normalized spacial score (nSPS) is 12.1. The summed E-state index contributed by atoms with van der Waals surface area (Å²) in [4.78, 5) is 13.3. The molecule has 0 bridgehead atoms. The maximum absolute atomic E-state index is 13.8. The third-order valence-electron chi connectivity index (χ3n) is 4.16. The summed E-state index contributed by atoms with van der Waals surface area (Å²) in [6, 6.07) is 11.8. The number of aliphatic hydroxyl groups excluding tert-OH is 1. The van der Waals surface area contributed by atoms with Gasteiger partial charge in [0, 0.05) is 18.0 Å². The Kier molecular flexibility index (Phi) is 6.53. The molecule has 28 heavy (non-hydrogen) atoms. The van der Waals surface area contributed by atoms with Crippen LogP contribution >= 0.6 is 15.9 Å². The molecule has 0 amide bonds. The number of halogens is 2. The molecule has 0 saturated carbocycles. The number of aliphatic hydroxyl groups is 1. The molecule has 0 saturated heterocycles. The highest BCUT2D eigenvalue weighted by atomic mass is 79.9. The summed E-state index contributed by atoms with van der Waals surface area (Å²) in [5.41, 5.74) is 1.85. The average molecular weight is 446 g/mol. The molecule has 0 aliphatic rings. The van der Waals surface area contributed by atoms with Crippen LogP contribution in [0.1, 0.15) is 13.8 Å². The van der Waals surface area contributed by atoms with Gasteiger partial charge in [0.15, 0.2) is 0 Å². The fourth-order valence-corrected chi connectivity index (χ4v) is 2.78. The third-order valence-corrected chi connectivity index (χ3v) is 4.80. The largest absolute Gasteiger partial charge is 0.394 e. The summed E-state index contributed by atoms with van der Waals surface area (Å²) in [6.45, 7) is 3.95. The molecular weight excluding hydrogens is 425 g/mol. The minimum atomic E-state index is -0.373. The molecule has 2 aromatic heterocycles. The molecule has 0 spiro atoms. The summed E-state index contributed by atoms with van der Waals surface area (Å²) >= 11 is 3.15. The summed E-state index contributed by atoms with van der Waals surface area (Å²) in [7, 11) is 0. The van der Waals surface area contributed by atoms with E-state index in [9.17, 15) is 9.50 Å². The quantitative estimate of drug-likeness (QED) is 0.492. The second kappa shape index (κ2) is 9.07. The van der Waals surface area contributed by atoms with Gasteiger partial charge in [0.25, 0.3) is 0 Å². The zero-order chi connectivity index (χ0) is 20.1. The van der Waals surface area contributed by atoms with Gasteiger partial charge < -0.3 is 15.7 Å². The lowest BCUT2D eigenvalue weighted by Crippen LogP contribution is -2.30. The lowest BCUT2D eigenvalue weighted by molar-refractivity contribution is 0.248. The standard InChI is InChI=1S/C20H21BrFN5O/c1-12(2)18(11-28)26-20-25-17(16-5-3-4-8-23-16)10-19(27-20)24-13-6-7-14(21)15(22)9-13/h3-10,12,18,28H,11H2,1-2H3,(H2,24,25,26,27)/t18-/m0/s1. The van der Waals surface area contributed by atoms with Crippen LogP contribution in [0, 0.1) is 11.7 Å². The monoisotopic (exact) mass is 445 g/mol. The van der Waals surface area contributed by atoms with E-state index in [1.165, 1.54) is 6.07 Å². The number of pyridine rings is 1. The molecule has 3 rings (SSSR count). The van der Waals surface area contributed by atoms with Gasteiger partial charge in [0.2, 0.25) is 5.95 Å². The molecular formula is C20H21BrFN5O. The van der Waals surface area contributed by atoms with Crippen LogP contribution in [-0.2, 0) is 0 Å². The smallest absolute Gasteiger partial charge is 0.225 e. The molecule has 1 aromatic carbocycles. The first-order chi connectivity index (χ1) is 13.5. The Bertz CT molecular complexity index is 939. The lowest BCUT2D eigenvalue weighted by atomic mass is 10.1. The second-order valence-corrected chi connectivity index (χ2v) is 7.46. The fraction of sp³-hybridized carbons (Fsp3) is 0.250. The van der Waals surface area contributed by atoms with Crippen LogP contribution in [0.2, 0.25) is 0 Å². The molecule has 0 aliphatic carbocycles. The topological polar surface area (TPSA) is 83.0 Å². The summed E-state index contributed by atoms with van der Waals surface area (Å²) in [5, 5.41) is 15.9. The lowest BCUT2D eigenvalue weighted by Gasteiger charge is -2.20. The molecule has 2 heterocycles. The summed E-state index contributed by atoms with van der Waals surface area (Å²) in [6.07, 6.45) is 1.69. The summed E-state index contributed by atoms with van der Waals surface area (Å²) in [5.74, 6) is 0.655. The van der Waals surface area contributed by atoms with Crippen LogP contribution in [0.3, 0.4) is 0 Å². The first-order valence-electron chi connectivity index (χ1n) is 8.86.